The summed E-state index contributed by atoms with van der Waals surface area (Å²) in [5, 5.41) is 12.4. The maximum Gasteiger partial charge on any atom is 0.248 e. The van der Waals surface area contributed by atoms with Crippen LogP contribution in [0.3, 0.4) is 0 Å². The molecule has 3 heterocycles. The minimum Gasteiger partial charge on any atom is -0.330 e. The molecule has 9 heteroatoms. The Morgan fingerprint density at radius 1 is 1.50 bits per heavy atom. The van der Waals surface area contributed by atoms with Crippen molar-refractivity contribution in [1.29, 1.82) is 0 Å². The van der Waals surface area contributed by atoms with Gasteiger partial charge in [-0.3, -0.25) is 9.59 Å². The third-order valence-electron chi connectivity index (χ3n) is 3.60. The molecule has 1 fully saturated rings. The fourth-order valence-electron chi connectivity index (χ4n) is 2.47. The summed E-state index contributed by atoms with van der Waals surface area (Å²) in [5.41, 5.74) is 1.10. The van der Waals surface area contributed by atoms with Crippen LogP contribution in [0.5, 0.6) is 0 Å². The molecule has 8 nitrogen and oxygen atoms in total. The van der Waals surface area contributed by atoms with E-state index < -0.39 is 6.04 Å². The number of thiazole rings is 1. The highest BCUT2D eigenvalue weighted by molar-refractivity contribution is 7.13. The average Bonchev–Trinajstić information content (AvgIpc) is 3.21. The highest BCUT2D eigenvalue weighted by Crippen LogP contribution is 2.21. The van der Waals surface area contributed by atoms with E-state index in [1.807, 2.05) is 0 Å². The van der Waals surface area contributed by atoms with Gasteiger partial charge in [-0.2, -0.15) is 0 Å². The van der Waals surface area contributed by atoms with Crippen LogP contribution in [0.15, 0.2) is 16.2 Å². The lowest BCUT2D eigenvalue weighted by Crippen LogP contribution is -2.43. The number of hydrogen-bond acceptors (Lipinski definition) is 7. The van der Waals surface area contributed by atoms with Gasteiger partial charge >= 0.3 is 0 Å². The van der Waals surface area contributed by atoms with Gasteiger partial charge in [0.2, 0.25) is 11.8 Å². The third kappa shape index (κ3) is 2.98. The van der Waals surface area contributed by atoms with Crippen LogP contribution in [0.2, 0.25) is 0 Å². The maximum absolute atomic E-state index is 12.4. The quantitative estimate of drug-likeness (QED) is 0.901. The number of nitrogens with zero attached hydrogens (tertiary/aromatic N) is 4. The number of carbonyl (C=O) groups is 2. The molecule has 1 N–H and O–H groups in total. The normalized spacial score (nSPS) is 17.7. The van der Waals surface area contributed by atoms with Crippen molar-refractivity contribution in [3.05, 3.63) is 23.0 Å². The molecule has 2 aromatic rings. The van der Waals surface area contributed by atoms with Crippen molar-refractivity contribution in [1.82, 2.24) is 20.2 Å². The second-order valence-corrected chi connectivity index (χ2v) is 5.94. The third-order valence-corrected chi connectivity index (χ3v) is 4.29. The van der Waals surface area contributed by atoms with E-state index in [-0.39, 0.29) is 18.2 Å². The van der Waals surface area contributed by atoms with E-state index in [0.29, 0.717) is 29.5 Å². The Balaban J connectivity index is 1.66. The summed E-state index contributed by atoms with van der Waals surface area (Å²) in [6.45, 7) is 2.30. The Morgan fingerprint density at radius 2 is 2.36 bits per heavy atom. The molecular formula is C13H15N5O3S. The summed E-state index contributed by atoms with van der Waals surface area (Å²) < 4.78 is 4.60. The zero-order chi connectivity index (χ0) is 15.5. The first kappa shape index (κ1) is 14.6. The summed E-state index contributed by atoms with van der Waals surface area (Å²) in [5.74, 6) is -0.341. The van der Waals surface area contributed by atoms with Gasteiger partial charge in [0, 0.05) is 18.1 Å². The number of anilines is 1. The smallest absolute Gasteiger partial charge is 0.248 e. The Bertz CT molecular complexity index is 669. The van der Waals surface area contributed by atoms with E-state index in [4.69, 9.17) is 0 Å². The molecule has 0 saturated carbocycles. The SMILES string of the molecule is Cc1nonc1CC(=O)N1CCCC1C(=O)Nc1nccs1. The Hall–Kier alpha value is -2.29. The molecule has 0 bridgehead atoms. The molecule has 0 spiro atoms. The summed E-state index contributed by atoms with van der Waals surface area (Å²) >= 11 is 1.35. The lowest BCUT2D eigenvalue weighted by atomic mass is 10.2. The zero-order valence-electron chi connectivity index (χ0n) is 12.0. The highest BCUT2D eigenvalue weighted by atomic mass is 32.1. The predicted molar refractivity (Wildman–Crippen MR) is 78.2 cm³/mol. The molecule has 0 aliphatic carbocycles. The fourth-order valence-corrected chi connectivity index (χ4v) is 3.00. The van der Waals surface area contributed by atoms with Gasteiger partial charge in [0.15, 0.2) is 5.13 Å². The van der Waals surface area contributed by atoms with Gasteiger partial charge in [-0.25, -0.2) is 9.61 Å². The number of hydrogen-bond donors (Lipinski definition) is 1. The molecule has 116 valence electrons. The molecule has 0 radical (unpaired) electrons. The lowest BCUT2D eigenvalue weighted by Gasteiger charge is -2.23. The lowest BCUT2D eigenvalue weighted by molar-refractivity contribution is -0.136. The Morgan fingerprint density at radius 3 is 3.05 bits per heavy atom. The summed E-state index contributed by atoms with van der Waals surface area (Å²) in [7, 11) is 0. The summed E-state index contributed by atoms with van der Waals surface area (Å²) in [6.07, 6.45) is 3.17. The van der Waals surface area contributed by atoms with Gasteiger partial charge in [-0.05, 0) is 19.8 Å². The van der Waals surface area contributed by atoms with Gasteiger partial charge < -0.3 is 10.2 Å². The van der Waals surface area contributed by atoms with Crippen LogP contribution in [0.25, 0.3) is 0 Å². The first-order valence-electron chi connectivity index (χ1n) is 6.93. The molecule has 1 saturated heterocycles. The monoisotopic (exact) mass is 321 g/mol. The molecule has 1 aliphatic heterocycles. The number of amides is 2. The first-order valence-corrected chi connectivity index (χ1v) is 7.81. The van der Waals surface area contributed by atoms with E-state index in [1.165, 1.54) is 11.3 Å². The molecule has 3 rings (SSSR count). The van der Waals surface area contributed by atoms with Crippen molar-refractivity contribution in [2.75, 3.05) is 11.9 Å². The van der Waals surface area contributed by atoms with Crippen LogP contribution in [0, 0.1) is 6.92 Å². The predicted octanol–water partition coefficient (Wildman–Crippen LogP) is 1.01. The molecule has 22 heavy (non-hydrogen) atoms. The van der Waals surface area contributed by atoms with Crippen LogP contribution < -0.4 is 5.32 Å². The second-order valence-electron chi connectivity index (χ2n) is 5.04. The van der Waals surface area contributed by atoms with E-state index in [0.717, 1.165) is 6.42 Å². The van der Waals surface area contributed by atoms with Crippen LogP contribution in [-0.2, 0) is 16.0 Å². The van der Waals surface area contributed by atoms with Gasteiger partial charge in [0.05, 0.1) is 6.42 Å². The molecule has 1 unspecified atom stereocenters. The minimum atomic E-state index is -0.462. The molecule has 1 aliphatic rings. The largest absolute Gasteiger partial charge is 0.330 e. The zero-order valence-corrected chi connectivity index (χ0v) is 12.8. The van der Waals surface area contributed by atoms with Gasteiger partial charge in [0.1, 0.15) is 17.4 Å². The number of likely N-dealkylation sites (tertiary alicyclic amines) is 1. The number of nitrogens with one attached hydrogen (secondary N) is 1. The van der Waals surface area contributed by atoms with Crippen molar-refractivity contribution in [3.8, 4) is 0 Å². The second kappa shape index (κ2) is 6.22. The number of rotatable bonds is 4. The van der Waals surface area contributed by atoms with Crippen molar-refractivity contribution in [2.45, 2.75) is 32.2 Å². The van der Waals surface area contributed by atoms with Gasteiger partial charge in [-0.15, -0.1) is 11.3 Å². The molecule has 2 aromatic heterocycles. The van der Waals surface area contributed by atoms with Gasteiger partial charge in [-0.1, -0.05) is 10.3 Å². The van der Waals surface area contributed by atoms with Crippen LogP contribution in [-0.4, -0.2) is 44.6 Å². The van der Waals surface area contributed by atoms with Crippen molar-refractivity contribution in [2.24, 2.45) is 0 Å². The number of aryl methyl sites for hydroxylation is 1. The van der Waals surface area contributed by atoms with Crippen molar-refractivity contribution < 1.29 is 14.2 Å². The average molecular weight is 321 g/mol. The van der Waals surface area contributed by atoms with Crippen LogP contribution >= 0.6 is 11.3 Å². The number of carbonyl (C=O) groups excluding carboxylic acids is 2. The fraction of sp³-hybridized carbons (Fsp3) is 0.462. The van der Waals surface area contributed by atoms with Crippen molar-refractivity contribution in [3.63, 3.8) is 0 Å². The van der Waals surface area contributed by atoms with E-state index in [2.05, 4.69) is 25.2 Å². The maximum atomic E-state index is 12.4. The topological polar surface area (TPSA) is 101 Å². The highest BCUT2D eigenvalue weighted by Gasteiger charge is 2.34. The molecular weight excluding hydrogens is 306 g/mol. The van der Waals surface area contributed by atoms with Crippen LogP contribution in [0.1, 0.15) is 24.2 Å². The van der Waals surface area contributed by atoms with E-state index in [1.54, 1.807) is 23.4 Å². The van der Waals surface area contributed by atoms with E-state index in [9.17, 15) is 9.59 Å². The van der Waals surface area contributed by atoms with Gasteiger partial charge in [0.25, 0.3) is 0 Å². The Kier molecular flexibility index (Phi) is 4.14. The summed E-state index contributed by atoms with van der Waals surface area (Å²) in [6, 6.07) is -0.462. The molecule has 0 aromatic carbocycles. The summed E-state index contributed by atoms with van der Waals surface area (Å²) in [4.78, 5) is 30.3. The number of aromatic nitrogens is 3. The molecule has 2 amide bonds. The Labute approximate surface area is 130 Å². The minimum absolute atomic E-state index is 0.0936. The van der Waals surface area contributed by atoms with Crippen molar-refractivity contribution >= 4 is 28.3 Å². The standard InChI is InChI=1S/C13H15N5O3S/c1-8-9(17-21-16-8)7-11(19)18-5-2-3-10(18)12(20)15-13-14-4-6-22-13/h4,6,10H,2-3,5,7H2,1H3,(H,14,15,20). The van der Waals surface area contributed by atoms with E-state index >= 15 is 0 Å². The first-order chi connectivity index (χ1) is 10.6. The molecule has 1 atom stereocenters. The van der Waals surface area contributed by atoms with Crippen LogP contribution in [0.4, 0.5) is 5.13 Å².